The number of aromatic nitrogens is 1. The van der Waals surface area contributed by atoms with Crippen LogP contribution in [-0.4, -0.2) is 19.3 Å². The summed E-state index contributed by atoms with van der Waals surface area (Å²) in [6.45, 7) is 2.26. The third-order valence-electron chi connectivity index (χ3n) is 4.98. The van der Waals surface area contributed by atoms with Crippen molar-refractivity contribution in [1.82, 2.24) is 10.3 Å². The van der Waals surface area contributed by atoms with E-state index in [2.05, 4.69) is 5.32 Å². The highest BCUT2D eigenvalue weighted by Gasteiger charge is 2.14. The van der Waals surface area contributed by atoms with Crippen molar-refractivity contribution in [2.45, 2.75) is 18.4 Å². The van der Waals surface area contributed by atoms with Crippen LogP contribution in [0, 0.1) is 6.92 Å². The van der Waals surface area contributed by atoms with Crippen LogP contribution in [0.5, 0.6) is 0 Å². The molecule has 31 heavy (non-hydrogen) atoms. The van der Waals surface area contributed by atoms with Gasteiger partial charge in [-0.3, -0.25) is 4.79 Å². The molecule has 0 unspecified atom stereocenters. The van der Waals surface area contributed by atoms with Crippen LogP contribution in [0.2, 0.25) is 0 Å². The first-order valence-electron chi connectivity index (χ1n) is 9.68. The zero-order valence-corrected chi connectivity index (χ0v) is 17.7. The van der Waals surface area contributed by atoms with E-state index in [-0.39, 0.29) is 17.3 Å². The monoisotopic (exact) mass is 431 g/mol. The number of sulfonamides is 1. The van der Waals surface area contributed by atoms with Gasteiger partial charge in [-0.1, -0.05) is 54.1 Å². The lowest BCUT2D eigenvalue weighted by molar-refractivity contribution is 0.0952. The van der Waals surface area contributed by atoms with Crippen molar-refractivity contribution in [2.75, 3.05) is 0 Å². The largest absolute Gasteiger partial charge is 0.348 e. The number of amides is 1. The molecule has 0 aliphatic carbocycles. The average molecular weight is 432 g/mol. The summed E-state index contributed by atoms with van der Waals surface area (Å²) in [5.41, 5.74) is 4.82. The molecule has 0 saturated carbocycles. The molecule has 0 spiro atoms. The third-order valence-corrected chi connectivity index (χ3v) is 5.91. The molecule has 156 valence electrons. The Kier molecular flexibility index (Phi) is 5.54. The molecule has 4 aromatic rings. The molecular formula is C24H21N3O3S. The topological polar surface area (TPSA) is 102 Å². The fourth-order valence-electron chi connectivity index (χ4n) is 3.39. The number of aryl methyl sites for hydroxylation is 1. The zero-order valence-electron chi connectivity index (χ0n) is 16.9. The fraction of sp³-hybridized carbons (Fsp3) is 0.0833. The highest BCUT2D eigenvalue weighted by Crippen LogP contribution is 2.25. The van der Waals surface area contributed by atoms with E-state index in [1.807, 2.05) is 55.5 Å². The highest BCUT2D eigenvalue weighted by molar-refractivity contribution is 7.89. The predicted octanol–water partition coefficient (Wildman–Crippen LogP) is 3.79. The Morgan fingerprint density at radius 1 is 0.968 bits per heavy atom. The van der Waals surface area contributed by atoms with Gasteiger partial charge in [-0.2, -0.15) is 0 Å². The van der Waals surface area contributed by atoms with E-state index in [1.165, 1.54) is 12.1 Å². The summed E-state index contributed by atoms with van der Waals surface area (Å²) in [5, 5.41) is 8.80. The smallest absolute Gasteiger partial charge is 0.252 e. The molecule has 6 nitrogen and oxygen atoms in total. The molecule has 0 aliphatic rings. The van der Waals surface area contributed by atoms with Crippen LogP contribution in [0.4, 0.5) is 0 Å². The second-order valence-corrected chi connectivity index (χ2v) is 8.87. The number of hydrogen-bond donors (Lipinski definition) is 2. The molecule has 0 aliphatic heterocycles. The zero-order chi connectivity index (χ0) is 22.0. The first kappa shape index (κ1) is 20.7. The van der Waals surface area contributed by atoms with Crippen LogP contribution in [0.3, 0.4) is 0 Å². The maximum Gasteiger partial charge on any atom is 0.252 e. The van der Waals surface area contributed by atoms with Crippen LogP contribution < -0.4 is 10.5 Å². The van der Waals surface area contributed by atoms with Crippen molar-refractivity contribution < 1.29 is 13.2 Å². The summed E-state index contributed by atoms with van der Waals surface area (Å²) in [6, 6.07) is 23.4. The van der Waals surface area contributed by atoms with Gasteiger partial charge in [0, 0.05) is 17.5 Å². The van der Waals surface area contributed by atoms with Crippen LogP contribution in [0.1, 0.15) is 21.5 Å². The molecule has 1 heterocycles. The number of nitrogens with one attached hydrogen (secondary N) is 1. The van der Waals surface area contributed by atoms with E-state index in [0.29, 0.717) is 5.56 Å². The second kappa shape index (κ2) is 8.29. The van der Waals surface area contributed by atoms with Gasteiger partial charge in [0.15, 0.2) is 0 Å². The van der Waals surface area contributed by atoms with Gasteiger partial charge in [0.2, 0.25) is 10.0 Å². The Hall–Kier alpha value is -3.55. The van der Waals surface area contributed by atoms with Crippen molar-refractivity contribution in [3.63, 3.8) is 0 Å². The summed E-state index contributed by atoms with van der Waals surface area (Å²) in [7, 11) is -3.75. The van der Waals surface area contributed by atoms with Crippen molar-refractivity contribution >= 4 is 26.8 Å². The van der Waals surface area contributed by atoms with Gasteiger partial charge in [-0.15, -0.1) is 0 Å². The summed E-state index contributed by atoms with van der Waals surface area (Å²) in [6.07, 6.45) is 0. The molecular weight excluding hydrogens is 410 g/mol. The number of nitrogens with zero attached hydrogens (tertiary/aromatic N) is 1. The molecule has 0 atom stereocenters. The minimum absolute atomic E-state index is 0.0329. The molecule has 0 bridgehead atoms. The van der Waals surface area contributed by atoms with Gasteiger partial charge in [0.25, 0.3) is 5.91 Å². The standard InChI is InChI=1S/C24H21N3O3S/c1-16-5-4-6-18(13-16)23-14-21(20-7-2-3-8-22(20)27-23)24(28)26-15-17-9-11-19(12-10-17)31(25,29)30/h2-14H,15H2,1H3,(H,26,28)(H2,25,29,30). The maximum atomic E-state index is 13.1. The second-order valence-electron chi connectivity index (χ2n) is 7.31. The SMILES string of the molecule is Cc1cccc(-c2cc(C(=O)NCc3ccc(S(N)(=O)=O)cc3)c3ccccc3n2)c1. The molecule has 7 heteroatoms. The molecule has 0 saturated heterocycles. The van der Waals surface area contributed by atoms with Crippen LogP contribution in [0.25, 0.3) is 22.2 Å². The summed E-state index contributed by atoms with van der Waals surface area (Å²) in [4.78, 5) is 17.8. The molecule has 4 rings (SSSR count). The maximum absolute atomic E-state index is 13.1. The number of fused-ring (bicyclic) bond motifs is 1. The number of primary sulfonamides is 1. The Bertz CT molecular complexity index is 1380. The normalized spacial score (nSPS) is 11.4. The van der Waals surface area contributed by atoms with E-state index in [1.54, 1.807) is 18.2 Å². The summed E-state index contributed by atoms with van der Waals surface area (Å²) < 4.78 is 22.8. The van der Waals surface area contributed by atoms with Crippen molar-refractivity contribution in [2.24, 2.45) is 5.14 Å². The third kappa shape index (κ3) is 4.63. The highest BCUT2D eigenvalue weighted by atomic mass is 32.2. The number of para-hydroxylation sites is 1. The quantitative estimate of drug-likeness (QED) is 0.502. The van der Waals surface area contributed by atoms with Gasteiger partial charge < -0.3 is 5.32 Å². The predicted molar refractivity (Wildman–Crippen MR) is 121 cm³/mol. The van der Waals surface area contributed by atoms with E-state index in [0.717, 1.165) is 33.3 Å². The lowest BCUT2D eigenvalue weighted by Crippen LogP contribution is -2.23. The Labute approximate surface area is 180 Å². The van der Waals surface area contributed by atoms with Gasteiger partial charge in [-0.25, -0.2) is 18.5 Å². The summed E-state index contributed by atoms with van der Waals surface area (Å²) >= 11 is 0. The number of nitrogens with two attached hydrogens (primary N) is 1. The minimum Gasteiger partial charge on any atom is -0.348 e. The molecule has 0 fully saturated rings. The number of carbonyl (C=O) groups excluding carboxylic acids is 1. The van der Waals surface area contributed by atoms with Crippen LogP contribution in [-0.2, 0) is 16.6 Å². The van der Waals surface area contributed by atoms with E-state index >= 15 is 0 Å². The van der Waals surface area contributed by atoms with Crippen molar-refractivity contribution in [3.05, 3.63) is 95.6 Å². The van der Waals surface area contributed by atoms with E-state index in [9.17, 15) is 13.2 Å². The Balaban J connectivity index is 1.64. The van der Waals surface area contributed by atoms with E-state index < -0.39 is 10.0 Å². The number of rotatable bonds is 5. The molecule has 0 radical (unpaired) electrons. The average Bonchev–Trinajstić information content (AvgIpc) is 2.76. The fourth-order valence-corrected chi connectivity index (χ4v) is 3.91. The summed E-state index contributed by atoms with van der Waals surface area (Å²) in [5.74, 6) is -0.233. The number of benzene rings is 3. The molecule has 3 aromatic carbocycles. The van der Waals surface area contributed by atoms with Gasteiger partial charge in [0.1, 0.15) is 0 Å². The van der Waals surface area contributed by atoms with Crippen molar-refractivity contribution in [1.29, 1.82) is 0 Å². The first-order chi connectivity index (χ1) is 14.8. The van der Waals surface area contributed by atoms with Gasteiger partial charge in [-0.05, 0) is 42.8 Å². The molecule has 1 amide bonds. The Morgan fingerprint density at radius 2 is 1.71 bits per heavy atom. The Morgan fingerprint density at radius 3 is 2.42 bits per heavy atom. The van der Waals surface area contributed by atoms with Gasteiger partial charge in [0.05, 0.1) is 21.7 Å². The van der Waals surface area contributed by atoms with Crippen LogP contribution in [0.15, 0.2) is 83.8 Å². The van der Waals surface area contributed by atoms with Crippen molar-refractivity contribution in [3.8, 4) is 11.3 Å². The van der Waals surface area contributed by atoms with E-state index in [4.69, 9.17) is 10.1 Å². The first-order valence-corrected chi connectivity index (χ1v) is 11.2. The number of hydrogen-bond acceptors (Lipinski definition) is 4. The van der Waals surface area contributed by atoms with Crippen LogP contribution >= 0.6 is 0 Å². The number of pyridine rings is 1. The molecule has 3 N–H and O–H groups in total. The minimum atomic E-state index is -3.75. The number of carbonyl (C=O) groups is 1. The lowest BCUT2D eigenvalue weighted by Gasteiger charge is -2.11. The lowest BCUT2D eigenvalue weighted by atomic mass is 10.0. The molecule has 1 aromatic heterocycles. The van der Waals surface area contributed by atoms with Gasteiger partial charge >= 0.3 is 0 Å².